The molecule has 0 saturated heterocycles. The van der Waals surface area contributed by atoms with Gasteiger partial charge in [0.1, 0.15) is 17.6 Å². The van der Waals surface area contributed by atoms with Crippen molar-refractivity contribution in [1.29, 1.82) is 0 Å². The van der Waals surface area contributed by atoms with Gasteiger partial charge in [0.15, 0.2) is 0 Å². The standard InChI is InChI=1S/C34H45N3O8S/c1-4-42-34(38)32-33(37(36-35-32)21-24-8-14-29(41-2)15-9-24)45-31-18-12-28(13-19-31)27-10-16-30(17-11-27)43-22-25-6-5-7-26(20-25)23-44-46(3,39)40/h8-11,14-17,25-26,28,31H,4-7,12-13,18-23H2,1-3H3/t25-,26-,28-,31-/m0/s1. The first-order valence-electron chi connectivity index (χ1n) is 16.2. The third-order valence-corrected chi connectivity index (χ3v) is 9.41. The molecule has 0 aliphatic heterocycles. The number of hydrogen-bond donors (Lipinski definition) is 0. The molecule has 0 N–H and O–H groups in total. The third kappa shape index (κ3) is 9.45. The lowest BCUT2D eigenvalue weighted by molar-refractivity contribution is 0.0507. The van der Waals surface area contributed by atoms with Gasteiger partial charge in [0.25, 0.3) is 10.1 Å². The average Bonchev–Trinajstić information content (AvgIpc) is 3.45. The van der Waals surface area contributed by atoms with Gasteiger partial charge in [-0.25, -0.2) is 9.48 Å². The van der Waals surface area contributed by atoms with Crippen molar-refractivity contribution in [2.75, 3.05) is 33.2 Å². The molecule has 2 fully saturated rings. The SMILES string of the molecule is CCOC(=O)c1nnn(Cc2ccc(OC)cc2)c1O[C@H]1CC[C@H](c2ccc(OC[C@H]3CCC[C@H](COS(C)(=O)=O)C3)cc2)CC1. The molecule has 2 aliphatic carbocycles. The molecule has 3 aromatic rings. The molecule has 0 spiro atoms. The van der Waals surface area contributed by atoms with Crippen LogP contribution in [0.25, 0.3) is 0 Å². The zero-order chi connectivity index (χ0) is 32.5. The summed E-state index contributed by atoms with van der Waals surface area (Å²) < 4.78 is 52.4. The topological polar surface area (TPSA) is 128 Å². The van der Waals surface area contributed by atoms with E-state index in [9.17, 15) is 13.2 Å². The first-order valence-corrected chi connectivity index (χ1v) is 18.0. The number of benzene rings is 2. The predicted octanol–water partition coefficient (Wildman–Crippen LogP) is 5.78. The van der Waals surface area contributed by atoms with Gasteiger partial charge in [-0.1, -0.05) is 35.9 Å². The number of carbonyl (C=O) groups excluding carboxylic acids is 1. The summed E-state index contributed by atoms with van der Waals surface area (Å²) in [5, 5.41) is 8.34. The molecule has 0 radical (unpaired) electrons. The lowest BCUT2D eigenvalue weighted by Gasteiger charge is -2.29. The van der Waals surface area contributed by atoms with Crippen LogP contribution in [-0.2, 0) is 25.6 Å². The van der Waals surface area contributed by atoms with Crippen LogP contribution in [0.3, 0.4) is 0 Å². The maximum atomic E-state index is 12.7. The summed E-state index contributed by atoms with van der Waals surface area (Å²) in [6, 6.07) is 16.0. The van der Waals surface area contributed by atoms with E-state index >= 15 is 0 Å². The Bertz CT molecular complexity index is 1520. The molecule has 2 aliphatic rings. The second-order valence-electron chi connectivity index (χ2n) is 12.3. The minimum absolute atomic E-state index is 0.0673. The van der Waals surface area contributed by atoms with Crippen molar-refractivity contribution in [3.63, 3.8) is 0 Å². The molecule has 0 bridgehead atoms. The van der Waals surface area contributed by atoms with E-state index in [4.69, 9.17) is 23.1 Å². The second kappa shape index (κ2) is 15.8. The highest BCUT2D eigenvalue weighted by atomic mass is 32.2. The van der Waals surface area contributed by atoms with Gasteiger partial charge in [-0.05, 0) is 105 Å². The molecular weight excluding hydrogens is 610 g/mol. The summed E-state index contributed by atoms with van der Waals surface area (Å²) in [4.78, 5) is 12.7. The van der Waals surface area contributed by atoms with E-state index in [1.165, 1.54) is 5.56 Å². The van der Waals surface area contributed by atoms with Crippen LogP contribution in [0, 0.1) is 11.8 Å². The number of carbonyl (C=O) groups is 1. The smallest absolute Gasteiger partial charge is 0.364 e. The fraction of sp³-hybridized carbons (Fsp3) is 0.559. The summed E-state index contributed by atoms with van der Waals surface area (Å²) in [6.45, 7) is 3.27. The van der Waals surface area contributed by atoms with Gasteiger partial charge in [-0.3, -0.25) is 4.18 Å². The van der Waals surface area contributed by atoms with Crippen molar-refractivity contribution in [1.82, 2.24) is 15.0 Å². The van der Waals surface area contributed by atoms with Gasteiger partial charge >= 0.3 is 5.97 Å². The quantitative estimate of drug-likeness (QED) is 0.156. The maximum absolute atomic E-state index is 12.7. The van der Waals surface area contributed by atoms with Gasteiger partial charge in [0.2, 0.25) is 11.6 Å². The van der Waals surface area contributed by atoms with Gasteiger partial charge < -0.3 is 18.9 Å². The minimum atomic E-state index is -3.41. The van der Waals surface area contributed by atoms with E-state index in [0.29, 0.717) is 30.9 Å². The first-order chi connectivity index (χ1) is 22.2. The van der Waals surface area contributed by atoms with Crippen LogP contribution in [0.1, 0.15) is 85.8 Å². The highest BCUT2D eigenvalue weighted by Crippen LogP contribution is 2.36. The Kier molecular flexibility index (Phi) is 11.6. The second-order valence-corrected chi connectivity index (χ2v) is 14.0. The highest BCUT2D eigenvalue weighted by Gasteiger charge is 2.29. The summed E-state index contributed by atoms with van der Waals surface area (Å²) >= 11 is 0. The van der Waals surface area contributed by atoms with E-state index < -0.39 is 16.1 Å². The number of esters is 1. The van der Waals surface area contributed by atoms with Crippen molar-refractivity contribution in [3.05, 3.63) is 65.4 Å². The number of methoxy groups -OCH3 is 1. The van der Waals surface area contributed by atoms with Crippen LogP contribution in [0.15, 0.2) is 48.5 Å². The molecule has 2 aromatic carbocycles. The number of ether oxygens (including phenoxy) is 4. The Morgan fingerprint density at radius 1 is 0.913 bits per heavy atom. The molecule has 2 atom stereocenters. The van der Waals surface area contributed by atoms with Crippen LogP contribution in [0.4, 0.5) is 0 Å². The van der Waals surface area contributed by atoms with E-state index in [1.54, 1.807) is 18.7 Å². The molecule has 2 saturated carbocycles. The third-order valence-electron chi connectivity index (χ3n) is 8.85. The summed E-state index contributed by atoms with van der Waals surface area (Å²) in [6.07, 6.45) is 8.67. The van der Waals surface area contributed by atoms with Crippen LogP contribution in [0.2, 0.25) is 0 Å². The largest absolute Gasteiger partial charge is 0.497 e. The van der Waals surface area contributed by atoms with Gasteiger partial charge in [-0.15, -0.1) is 5.10 Å². The normalized spacial score (nSPS) is 21.8. The zero-order valence-electron chi connectivity index (χ0n) is 26.9. The van der Waals surface area contributed by atoms with E-state index in [1.807, 2.05) is 36.4 Å². The van der Waals surface area contributed by atoms with Crippen molar-refractivity contribution in [2.45, 2.75) is 76.9 Å². The monoisotopic (exact) mass is 655 g/mol. The van der Waals surface area contributed by atoms with E-state index in [-0.39, 0.29) is 30.9 Å². The average molecular weight is 656 g/mol. The zero-order valence-corrected chi connectivity index (χ0v) is 27.7. The Hall–Kier alpha value is -3.64. The van der Waals surface area contributed by atoms with Crippen molar-refractivity contribution < 1.29 is 36.3 Å². The molecule has 1 heterocycles. The van der Waals surface area contributed by atoms with Crippen LogP contribution in [0.5, 0.6) is 17.4 Å². The summed E-state index contributed by atoms with van der Waals surface area (Å²) in [7, 11) is -1.78. The maximum Gasteiger partial charge on any atom is 0.364 e. The highest BCUT2D eigenvalue weighted by molar-refractivity contribution is 7.85. The lowest BCUT2D eigenvalue weighted by atomic mass is 9.82. The lowest BCUT2D eigenvalue weighted by Crippen LogP contribution is -2.25. The number of rotatable bonds is 14. The van der Waals surface area contributed by atoms with Crippen molar-refractivity contribution in [2.24, 2.45) is 11.8 Å². The Morgan fingerprint density at radius 2 is 1.59 bits per heavy atom. The van der Waals surface area contributed by atoms with Gasteiger partial charge in [-0.2, -0.15) is 8.42 Å². The van der Waals surface area contributed by atoms with Gasteiger partial charge in [0.05, 0.1) is 39.7 Å². The summed E-state index contributed by atoms with van der Waals surface area (Å²) in [5.41, 5.74) is 2.35. The van der Waals surface area contributed by atoms with Crippen LogP contribution >= 0.6 is 0 Å². The number of aromatic nitrogens is 3. The van der Waals surface area contributed by atoms with Crippen LogP contribution in [-0.4, -0.2) is 68.7 Å². The number of hydrogen-bond acceptors (Lipinski definition) is 10. The molecule has 5 rings (SSSR count). The molecule has 1 aromatic heterocycles. The molecule has 250 valence electrons. The number of nitrogens with zero attached hydrogens (tertiary/aromatic N) is 3. The Balaban J connectivity index is 1.13. The molecular formula is C34H45N3O8S. The van der Waals surface area contributed by atoms with E-state index in [0.717, 1.165) is 74.7 Å². The summed E-state index contributed by atoms with van der Waals surface area (Å²) in [5.74, 6) is 2.46. The van der Waals surface area contributed by atoms with Crippen LogP contribution < -0.4 is 14.2 Å². The Labute approximate surface area is 271 Å². The van der Waals surface area contributed by atoms with Gasteiger partial charge in [0, 0.05) is 0 Å². The fourth-order valence-electron chi connectivity index (χ4n) is 6.40. The fourth-order valence-corrected chi connectivity index (χ4v) is 6.84. The first kappa shape index (κ1) is 33.7. The molecule has 0 amide bonds. The molecule has 12 heteroatoms. The van der Waals surface area contributed by atoms with E-state index in [2.05, 4.69) is 22.4 Å². The molecule has 46 heavy (non-hydrogen) atoms. The molecule has 0 unspecified atom stereocenters. The predicted molar refractivity (Wildman–Crippen MR) is 172 cm³/mol. The Morgan fingerprint density at radius 3 is 2.24 bits per heavy atom. The minimum Gasteiger partial charge on any atom is -0.497 e. The van der Waals surface area contributed by atoms with Crippen molar-refractivity contribution >= 4 is 16.1 Å². The molecule has 11 nitrogen and oxygen atoms in total. The van der Waals surface area contributed by atoms with Crippen molar-refractivity contribution in [3.8, 4) is 17.4 Å².